The molecule has 0 bridgehead atoms. The quantitative estimate of drug-likeness (QED) is 0.793. The first-order valence-corrected chi connectivity index (χ1v) is 7.21. The van der Waals surface area contributed by atoms with Gasteiger partial charge in [0.2, 0.25) is 0 Å². The minimum atomic E-state index is 0.493. The van der Waals surface area contributed by atoms with Gasteiger partial charge in [0.15, 0.2) is 0 Å². The molecule has 3 unspecified atom stereocenters. The maximum atomic E-state index is 3.70. The second-order valence-corrected chi connectivity index (χ2v) is 5.82. The van der Waals surface area contributed by atoms with E-state index in [4.69, 9.17) is 0 Å². The van der Waals surface area contributed by atoms with Gasteiger partial charge in [-0.25, -0.2) is 0 Å². The van der Waals surface area contributed by atoms with Gasteiger partial charge in [0.1, 0.15) is 0 Å². The summed E-state index contributed by atoms with van der Waals surface area (Å²) >= 11 is 0. The molecule has 3 atom stereocenters. The molecule has 0 aromatic rings. The average Bonchev–Trinajstić information content (AvgIpc) is 2.68. The highest BCUT2D eigenvalue weighted by atomic mass is 15.3. The molecule has 2 fully saturated rings. The largest absolute Gasteiger partial charge is 0.312 e. The summed E-state index contributed by atoms with van der Waals surface area (Å²) in [5.74, 6) is 0. The average molecular weight is 224 g/mol. The van der Waals surface area contributed by atoms with E-state index in [0.29, 0.717) is 11.6 Å². The van der Waals surface area contributed by atoms with E-state index in [2.05, 4.69) is 31.0 Å². The van der Waals surface area contributed by atoms with Gasteiger partial charge in [0.25, 0.3) is 0 Å². The van der Waals surface area contributed by atoms with Crippen molar-refractivity contribution in [3.63, 3.8) is 0 Å². The SMILES string of the molecule is CCCC(C)N1CCCC12CCCNC2C. The Balaban J connectivity index is 2.11. The van der Waals surface area contributed by atoms with Crippen LogP contribution >= 0.6 is 0 Å². The Morgan fingerprint density at radius 3 is 2.81 bits per heavy atom. The fourth-order valence-electron chi connectivity index (χ4n) is 4.01. The van der Waals surface area contributed by atoms with Crippen LogP contribution in [0.15, 0.2) is 0 Å². The molecule has 0 aromatic heterocycles. The third-order valence-electron chi connectivity index (χ3n) is 4.86. The summed E-state index contributed by atoms with van der Waals surface area (Å²) in [5, 5.41) is 3.70. The Morgan fingerprint density at radius 1 is 1.38 bits per heavy atom. The Labute approximate surface area is 101 Å². The number of nitrogens with one attached hydrogen (secondary N) is 1. The first-order valence-electron chi connectivity index (χ1n) is 7.21. The van der Waals surface area contributed by atoms with Gasteiger partial charge in [0, 0.05) is 17.6 Å². The van der Waals surface area contributed by atoms with E-state index < -0.39 is 0 Å². The zero-order chi connectivity index (χ0) is 11.6. The number of nitrogens with zero attached hydrogens (tertiary/aromatic N) is 1. The molecular formula is C14H28N2. The summed E-state index contributed by atoms with van der Waals surface area (Å²) in [6.07, 6.45) is 8.26. The third kappa shape index (κ3) is 2.02. The van der Waals surface area contributed by atoms with Crippen molar-refractivity contribution in [2.24, 2.45) is 0 Å². The molecule has 0 radical (unpaired) electrons. The van der Waals surface area contributed by atoms with E-state index in [1.807, 2.05) is 0 Å². The normalized spacial score (nSPS) is 38.1. The highest BCUT2D eigenvalue weighted by Gasteiger charge is 2.47. The van der Waals surface area contributed by atoms with Crippen LogP contribution in [0.25, 0.3) is 0 Å². The number of likely N-dealkylation sites (tertiary alicyclic amines) is 1. The molecule has 2 rings (SSSR count). The molecule has 2 heterocycles. The minimum absolute atomic E-state index is 0.493. The van der Waals surface area contributed by atoms with Crippen molar-refractivity contribution >= 4 is 0 Å². The number of piperidine rings is 1. The van der Waals surface area contributed by atoms with Gasteiger partial charge >= 0.3 is 0 Å². The van der Waals surface area contributed by atoms with Crippen molar-refractivity contribution in [1.29, 1.82) is 0 Å². The molecule has 1 spiro atoms. The van der Waals surface area contributed by atoms with Gasteiger partial charge in [-0.15, -0.1) is 0 Å². The molecule has 16 heavy (non-hydrogen) atoms. The summed E-state index contributed by atoms with van der Waals surface area (Å²) < 4.78 is 0. The van der Waals surface area contributed by atoms with Crippen LogP contribution in [0, 0.1) is 0 Å². The lowest BCUT2D eigenvalue weighted by atomic mass is 9.80. The van der Waals surface area contributed by atoms with Gasteiger partial charge in [-0.2, -0.15) is 0 Å². The summed E-state index contributed by atoms with van der Waals surface area (Å²) in [5.41, 5.74) is 0.493. The zero-order valence-corrected chi connectivity index (χ0v) is 11.3. The van der Waals surface area contributed by atoms with Crippen LogP contribution in [0.1, 0.15) is 59.3 Å². The van der Waals surface area contributed by atoms with Gasteiger partial charge in [-0.3, -0.25) is 4.90 Å². The molecule has 1 N–H and O–H groups in total. The standard InChI is InChI=1S/C14H28N2/c1-4-7-12(2)16-11-6-9-14(16)8-5-10-15-13(14)3/h12-13,15H,4-11H2,1-3H3. The third-order valence-corrected chi connectivity index (χ3v) is 4.86. The molecule has 2 saturated heterocycles. The summed E-state index contributed by atoms with van der Waals surface area (Å²) in [4.78, 5) is 2.83. The lowest BCUT2D eigenvalue weighted by Gasteiger charge is -2.49. The molecule has 0 saturated carbocycles. The Bertz CT molecular complexity index is 229. The van der Waals surface area contributed by atoms with Gasteiger partial charge in [0.05, 0.1) is 0 Å². The smallest absolute Gasteiger partial charge is 0.0363 e. The molecule has 2 aliphatic heterocycles. The molecule has 94 valence electrons. The maximum absolute atomic E-state index is 3.70. The van der Waals surface area contributed by atoms with E-state index in [-0.39, 0.29) is 0 Å². The topological polar surface area (TPSA) is 15.3 Å². The van der Waals surface area contributed by atoms with Crippen LogP contribution in [0.3, 0.4) is 0 Å². The first kappa shape index (κ1) is 12.4. The molecule has 0 aromatic carbocycles. The van der Waals surface area contributed by atoms with Crippen LogP contribution in [-0.2, 0) is 0 Å². The molecule has 2 nitrogen and oxygen atoms in total. The van der Waals surface area contributed by atoms with Crippen molar-refractivity contribution in [3.05, 3.63) is 0 Å². The van der Waals surface area contributed by atoms with E-state index >= 15 is 0 Å². The van der Waals surface area contributed by atoms with Crippen molar-refractivity contribution in [2.45, 2.75) is 76.9 Å². The minimum Gasteiger partial charge on any atom is -0.312 e. The predicted molar refractivity (Wildman–Crippen MR) is 69.7 cm³/mol. The van der Waals surface area contributed by atoms with Gasteiger partial charge in [-0.05, 0) is 59.0 Å². The van der Waals surface area contributed by atoms with Crippen LogP contribution in [0.4, 0.5) is 0 Å². The monoisotopic (exact) mass is 224 g/mol. The summed E-state index contributed by atoms with van der Waals surface area (Å²) in [6.45, 7) is 9.68. The zero-order valence-electron chi connectivity index (χ0n) is 11.3. The fourth-order valence-corrected chi connectivity index (χ4v) is 4.01. The molecule has 2 heteroatoms. The number of rotatable bonds is 3. The van der Waals surface area contributed by atoms with Crippen molar-refractivity contribution in [1.82, 2.24) is 10.2 Å². The van der Waals surface area contributed by atoms with E-state index in [0.717, 1.165) is 6.04 Å². The maximum Gasteiger partial charge on any atom is 0.0363 e. The van der Waals surface area contributed by atoms with Crippen molar-refractivity contribution in [3.8, 4) is 0 Å². The predicted octanol–water partition coefficient (Wildman–Crippen LogP) is 2.78. The van der Waals surface area contributed by atoms with E-state index in [9.17, 15) is 0 Å². The molecule has 0 aliphatic carbocycles. The summed E-state index contributed by atoms with van der Waals surface area (Å²) in [7, 11) is 0. The fraction of sp³-hybridized carbons (Fsp3) is 1.00. The van der Waals surface area contributed by atoms with Crippen LogP contribution < -0.4 is 5.32 Å². The Morgan fingerprint density at radius 2 is 2.12 bits per heavy atom. The first-order chi connectivity index (χ1) is 7.70. The van der Waals surface area contributed by atoms with Gasteiger partial charge < -0.3 is 5.32 Å². The van der Waals surface area contributed by atoms with Crippen LogP contribution in [-0.4, -0.2) is 35.6 Å². The number of hydrogen-bond donors (Lipinski definition) is 1. The number of hydrogen-bond acceptors (Lipinski definition) is 2. The highest BCUT2D eigenvalue weighted by molar-refractivity contribution is 5.05. The molecular weight excluding hydrogens is 196 g/mol. The highest BCUT2D eigenvalue weighted by Crippen LogP contribution is 2.40. The van der Waals surface area contributed by atoms with Crippen molar-refractivity contribution in [2.75, 3.05) is 13.1 Å². The lowest BCUT2D eigenvalue weighted by molar-refractivity contribution is 0.0345. The van der Waals surface area contributed by atoms with E-state index in [1.165, 1.54) is 51.6 Å². The Kier molecular flexibility index (Phi) is 3.91. The molecule has 2 aliphatic rings. The van der Waals surface area contributed by atoms with E-state index in [1.54, 1.807) is 0 Å². The second-order valence-electron chi connectivity index (χ2n) is 5.82. The Hall–Kier alpha value is -0.0800. The van der Waals surface area contributed by atoms with Crippen molar-refractivity contribution < 1.29 is 0 Å². The van der Waals surface area contributed by atoms with Gasteiger partial charge in [-0.1, -0.05) is 13.3 Å². The van der Waals surface area contributed by atoms with Crippen LogP contribution in [0.2, 0.25) is 0 Å². The second kappa shape index (κ2) is 5.05. The van der Waals surface area contributed by atoms with Crippen LogP contribution in [0.5, 0.6) is 0 Å². The lowest BCUT2D eigenvalue weighted by Crippen LogP contribution is -2.62. The molecule has 0 amide bonds. The summed E-state index contributed by atoms with van der Waals surface area (Å²) in [6, 6.07) is 1.46.